The molecule has 1 unspecified atom stereocenters. The standard InChI is InChI=1S/C11H24N2O/c1-10(8-12)2-5-13-9-11-3-6-14-7-4-11/h10-11,13H,2-9,12H2,1H3. The maximum atomic E-state index is 5.55. The Hall–Kier alpha value is -0.120. The smallest absolute Gasteiger partial charge is 0.0469 e. The van der Waals surface area contributed by atoms with Gasteiger partial charge in [-0.05, 0) is 50.7 Å². The lowest BCUT2D eigenvalue weighted by molar-refractivity contribution is 0.0663. The molecule has 84 valence electrons. The molecule has 1 aliphatic heterocycles. The van der Waals surface area contributed by atoms with Crippen LogP contribution in [-0.2, 0) is 4.74 Å². The molecule has 3 heteroatoms. The molecule has 0 spiro atoms. The maximum Gasteiger partial charge on any atom is 0.0469 e. The van der Waals surface area contributed by atoms with Gasteiger partial charge in [0.05, 0.1) is 0 Å². The lowest BCUT2D eigenvalue weighted by Gasteiger charge is -2.22. The van der Waals surface area contributed by atoms with Crippen molar-refractivity contribution in [1.82, 2.24) is 5.32 Å². The van der Waals surface area contributed by atoms with E-state index in [4.69, 9.17) is 10.5 Å². The maximum absolute atomic E-state index is 5.55. The lowest BCUT2D eigenvalue weighted by Crippen LogP contribution is -2.29. The third kappa shape index (κ3) is 4.94. The highest BCUT2D eigenvalue weighted by atomic mass is 16.5. The lowest BCUT2D eigenvalue weighted by atomic mass is 10.0. The van der Waals surface area contributed by atoms with Crippen molar-refractivity contribution < 1.29 is 4.74 Å². The largest absolute Gasteiger partial charge is 0.381 e. The van der Waals surface area contributed by atoms with E-state index in [0.717, 1.165) is 38.8 Å². The Labute approximate surface area is 87.4 Å². The first kappa shape index (κ1) is 12.0. The highest BCUT2D eigenvalue weighted by Crippen LogP contribution is 2.13. The van der Waals surface area contributed by atoms with Gasteiger partial charge in [0, 0.05) is 13.2 Å². The summed E-state index contributed by atoms with van der Waals surface area (Å²) < 4.78 is 5.32. The molecule has 1 saturated heterocycles. The van der Waals surface area contributed by atoms with Gasteiger partial charge in [-0.2, -0.15) is 0 Å². The molecule has 0 aromatic heterocycles. The molecule has 1 heterocycles. The second kappa shape index (κ2) is 7.21. The zero-order valence-electron chi connectivity index (χ0n) is 9.30. The highest BCUT2D eigenvalue weighted by molar-refractivity contribution is 4.66. The fraction of sp³-hybridized carbons (Fsp3) is 1.00. The number of nitrogens with two attached hydrogens (primary N) is 1. The molecular formula is C11H24N2O. The molecule has 3 N–H and O–H groups in total. The molecule has 14 heavy (non-hydrogen) atoms. The predicted molar refractivity (Wildman–Crippen MR) is 59.2 cm³/mol. The number of hydrogen-bond acceptors (Lipinski definition) is 3. The fourth-order valence-electron chi connectivity index (χ4n) is 1.72. The summed E-state index contributed by atoms with van der Waals surface area (Å²) in [6, 6.07) is 0. The van der Waals surface area contributed by atoms with E-state index in [9.17, 15) is 0 Å². The van der Waals surface area contributed by atoms with Crippen LogP contribution in [-0.4, -0.2) is 32.8 Å². The Kier molecular flexibility index (Phi) is 6.15. The monoisotopic (exact) mass is 200 g/mol. The Morgan fingerprint density at radius 2 is 2.14 bits per heavy atom. The Morgan fingerprint density at radius 1 is 1.43 bits per heavy atom. The van der Waals surface area contributed by atoms with Crippen molar-refractivity contribution in [2.75, 3.05) is 32.8 Å². The van der Waals surface area contributed by atoms with Gasteiger partial charge >= 0.3 is 0 Å². The van der Waals surface area contributed by atoms with Gasteiger partial charge in [0.2, 0.25) is 0 Å². The van der Waals surface area contributed by atoms with Crippen molar-refractivity contribution in [3.05, 3.63) is 0 Å². The number of rotatable bonds is 6. The Morgan fingerprint density at radius 3 is 2.79 bits per heavy atom. The van der Waals surface area contributed by atoms with Gasteiger partial charge in [-0.15, -0.1) is 0 Å². The third-order valence-electron chi connectivity index (χ3n) is 2.99. The molecule has 0 aromatic carbocycles. The van der Waals surface area contributed by atoms with Crippen molar-refractivity contribution in [3.63, 3.8) is 0 Å². The van der Waals surface area contributed by atoms with Gasteiger partial charge in [0.1, 0.15) is 0 Å². The summed E-state index contributed by atoms with van der Waals surface area (Å²) in [6.45, 7) is 7.17. The first-order valence-corrected chi connectivity index (χ1v) is 5.81. The van der Waals surface area contributed by atoms with E-state index in [1.165, 1.54) is 19.3 Å². The molecule has 0 aromatic rings. The van der Waals surface area contributed by atoms with E-state index in [0.29, 0.717) is 5.92 Å². The average Bonchev–Trinajstić information content (AvgIpc) is 2.25. The van der Waals surface area contributed by atoms with E-state index in [-0.39, 0.29) is 0 Å². The molecule has 0 radical (unpaired) electrons. The van der Waals surface area contributed by atoms with Crippen molar-refractivity contribution in [2.24, 2.45) is 17.6 Å². The van der Waals surface area contributed by atoms with Crippen molar-refractivity contribution in [1.29, 1.82) is 0 Å². The van der Waals surface area contributed by atoms with Crippen molar-refractivity contribution >= 4 is 0 Å². The molecule has 1 fully saturated rings. The van der Waals surface area contributed by atoms with E-state index < -0.39 is 0 Å². The van der Waals surface area contributed by atoms with Gasteiger partial charge in [-0.1, -0.05) is 6.92 Å². The summed E-state index contributed by atoms with van der Waals surface area (Å²) >= 11 is 0. The SMILES string of the molecule is CC(CN)CCNCC1CCOCC1. The second-order valence-electron chi connectivity index (χ2n) is 4.39. The zero-order chi connectivity index (χ0) is 10.2. The minimum absolute atomic E-state index is 0.650. The Balaban J connectivity index is 1.92. The van der Waals surface area contributed by atoms with Gasteiger partial charge in [0.25, 0.3) is 0 Å². The van der Waals surface area contributed by atoms with Crippen LogP contribution < -0.4 is 11.1 Å². The fourth-order valence-corrected chi connectivity index (χ4v) is 1.72. The molecule has 1 aliphatic rings. The van der Waals surface area contributed by atoms with Crippen LogP contribution in [0, 0.1) is 11.8 Å². The van der Waals surface area contributed by atoms with Crippen molar-refractivity contribution in [2.45, 2.75) is 26.2 Å². The van der Waals surface area contributed by atoms with Gasteiger partial charge < -0.3 is 15.8 Å². The van der Waals surface area contributed by atoms with Crippen LogP contribution in [0.1, 0.15) is 26.2 Å². The summed E-state index contributed by atoms with van der Waals surface area (Å²) in [7, 11) is 0. The summed E-state index contributed by atoms with van der Waals surface area (Å²) in [6.07, 6.45) is 3.64. The van der Waals surface area contributed by atoms with Crippen LogP contribution in [0.3, 0.4) is 0 Å². The number of ether oxygens (including phenoxy) is 1. The number of nitrogens with one attached hydrogen (secondary N) is 1. The van der Waals surface area contributed by atoms with Gasteiger partial charge in [-0.3, -0.25) is 0 Å². The third-order valence-corrected chi connectivity index (χ3v) is 2.99. The topological polar surface area (TPSA) is 47.3 Å². The molecule has 0 aliphatic carbocycles. The minimum atomic E-state index is 0.650. The molecule has 1 rings (SSSR count). The highest BCUT2D eigenvalue weighted by Gasteiger charge is 2.12. The van der Waals surface area contributed by atoms with Crippen LogP contribution >= 0.6 is 0 Å². The second-order valence-corrected chi connectivity index (χ2v) is 4.39. The van der Waals surface area contributed by atoms with Gasteiger partial charge in [0.15, 0.2) is 0 Å². The molecule has 1 atom stereocenters. The van der Waals surface area contributed by atoms with E-state index in [1.807, 2.05) is 0 Å². The summed E-state index contributed by atoms with van der Waals surface area (Å²) in [5, 5.41) is 3.51. The first-order valence-electron chi connectivity index (χ1n) is 5.81. The molecule has 0 saturated carbocycles. The van der Waals surface area contributed by atoms with E-state index in [1.54, 1.807) is 0 Å². The van der Waals surface area contributed by atoms with Gasteiger partial charge in [-0.25, -0.2) is 0 Å². The Bertz CT molecular complexity index is 135. The normalized spacial score (nSPS) is 21.0. The van der Waals surface area contributed by atoms with Crippen molar-refractivity contribution in [3.8, 4) is 0 Å². The van der Waals surface area contributed by atoms with Crippen LogP contribution in [0.4, 0.5) is 0 Å². The van der Waals surface area contributed by atoms with Crippen LogP contribution in [0.15, 0.2) is 0 Å². The molecule has 0 amide bonds. The zero-order valence-corrected chi connectivity index (χ0v) is 9.30. The first-order chi connectivity index (χ1) is 6.83. The summed E-state index contributed by atoms with van der Waals surface area (Å²) in [5.41, 5.74) is 5.55. The molecular weight excluding hydrogens is 176 g/mol. The van der Waals surface area contributed by atoms with Crippen LogP contribution in [0.2, 0.25) is 0 Å². The van der Waals surface area contributed by atoms with Crippen LogP contribution in [0.5, 0.6) is 0 Å². The van der Waals surface area contributed by atoms with E-state index in [2.05, 4.69) is 12.2 Å². The molecule has 3 nitrogen and oxygen atoms in total. The predicted octanol–water partition coefficient (Wildman–Crippen LogP) is 0.987. The average molecular weight is 200 g/mol. The van der Waals surface area contributed by atoms with E-state index >= 15 is 0 Å². The quantitative estimate of drug-likeness (QED) is 0.629. The molecule has 0 bridgehead atoms. The van der Waals surface area contributed by atoms with Crippen LogP contribution in [0.25, 0.3) is 0 Å². The summed E-state index contributed by atoms with van der Waals surface area (Å²) in [4.78, 5) is 0. The minimum Gasteiger partial charge on any atom is -0.381 e. The summed E-state index contributed by atoms with van der Waals surface area (Å²) in [5.74, 6) is 1.48. The number of hydrogen-bond donors (Lipinski definition) is 2.